The molecular weight excluding hydrogens is 372 g/mol. The Morgan fingerprint density at radius 3 is 2.50 bits per heavy atom. The summed E-state index contributed by atoms with van der Waals surface area (Å²) in [6, 6.07) is 3.95. The molecule has 1 heterocycles. The number of carbonyl (C=O) groups is 2. The van der Waals surface area contributed by atoms with Gasteiger partial charge in [0.2, 0.25) is 18.2 Å². The van der Waals surface area contributed by atoms with Crippen LogP contribution in [0.3, 0.4) is 0 Å². The van der Waals surface area contributed by atoms with Gasteiger partial charge in [0.05, 0.1) is 0 Å². The normalized spacial score (nSPS) is 13.4. The molecule has 2 rings (SSSR count). The molecule has 0 radical (unpaired) electrons. The molecule has 2 atom stereocenters. The predicted molar refractivity (Wildman–Crippen MR) is 87.8 cm³/mol. The lowest BCUT2D eigenvalue weighted by atomic mass is 10.1. The van der Waals surface area contributed by atoms with E-state index in [2.05, 4.69) is 20.7 Å². The lowest BCUT2D eigenvalue weighted by molar-refractivity contribution is -0.143. The molecule has 0 aliphatic heterocycles. The van der Waals surface area contributed by atoms with E-state index in [-0.39, 0.29) is 12.2 Å². The van der Waals surface area contributed by atoms with Crippen LogP contribution in [-0.4, -0.2) is 49.7 Å². The third-order valence-corrected chi connectivity index (χ3v) is 3.78. The largest absolute Gasteiger partial charge is 0.480 e. The third-order valence-electron chi connectivity index (χ3n) is 3.53. The Labute approximate surface area is 152 Å². The molecule has 26 heavy (non-hydrogen) atoms. The Hall–Kier alpha value is -2.62. The van der Waals surface area contributed by atoms with Crippen molar-refractivity contribution in [2.75, 3.05) is 0 Å². The van der Waals surface area contributed by atoms with E-state index >= 15 is 0 Å². The maximum absolute atomic E-state index is 12.5. The topological polar surface area (TPSA) is 110 Å². The Balaban J connectivity index is 2.16. The molecule has 1 aromatic heterocycles. The number of carboxylic acid groups (broad SMARTS) is 1. The number of carbonyl (C=O) groups excluding carboxylic acids is 1. The van der Waals surface area contributed by atoms with Gasteiger partial charge >= 0.3 is 5.97 Å². The minimum atomic E-state index is -2.86. The van der Waals surface area contributed by atoms with Gasteiger partial charge in [-0.15, -0.1) is 10.2 Å². The molecule has 0 aliphatic carbocycles. The quantitative estimate of drug-likeness (QED) is 0.718. The van der Waals surface area contributed by atoms with Crippen molar-refractivity contribution in [2.45, 2.75) is 38.3 Å². The van der Waals surface area contributed by atoms with Crippen LogP contribution in [-0.2, 0) is 9.59 Å². The number of hydrogen-bond donors (Lipinski definition) is 2. The predicted octanol–water partition coefficient (Wildman–Crippen LogP) is 2.17. The van der Waals surface area contributed by atoms with Gasteiger partial charge in [0.25, 0.3) is 0 Å². The second kappa shape index (κ2) is 8.65. The maximum atomic E-state index is 12.5. The van der Waals surface area contributed by atoms with E-state index in [1.165, 1.54) is 0 Å². The van der Waals surface area contributed by atoms with E-state index in [0.717, 1.165) is 4.80 Å². The molecule has 0 bridgehead atoms. The fourth-order valence-electron chi connectivity index (χ4n) is 2.19. The first-order valence-corrected chi connectivity index (χ1v) is 8.06. The summed E-state index contributed by atoms with van der Waals surface area (Å²) < 4.78 is 24.9. The lowest BCUT2D eigenvalue weighted by Crippen LogP contribution is -2.45. The van der Waals surface area contributed by atoms with E-state index in [1.807, 2.05) is 0 Å². The van der Waals surface area contributed by atoms with Crippen LogP contribution in [0.15, 0.2) is 24.3 Å². The molecule has 11 heteroatoms. The van der Waals surface area contributed by atoms with Crippen LogP contribution in [0.4, 0.5) is 8.78 Å². The van der Waals surface area contributed by atoms with Crippen LogP contribution in [0.5, 0.6) is 0 Å². The van der Waals surface area contributed by atoms with Crippen LogP contribution in [0.25, 0.3) is 11.4 Å². The van der Waals surface area contributed by atoms with Gasteiger partial charge in [-0.1, -0.05) is 18.5 Å². The first-order valence-electron chi connectivity index (χ1n) is 7.68. The second-order valence-electron chi connectivity index (χ2n) is 5.39. The monoisotopic (exact) mass is 387 g/mol. The summed E-state index contributed by atoms with van der Waals surface area (Å²) in [5.74, 6) is -2.07. The fraction of sp³-hybridized carbons (Fsp3) is 0.400. The van der Waals surface area contributed by atoms with Crippen LogP contribution < -0.4 is 5.32 Å². The minimum Gasteiger partial charge on any atom is -0.480 e. The maximum Gasteiger partial charge on any atom is 0.326 e. The molecule has 1 amide bonds. The highest BCUT2D eigenvalue weighted by atomic mass is 35.5. The number of halogens is 3. The third kappa shape index (κ3) is 4.94. The standard InChI is InChI=1S/C15H16ClF2N5O3/c1-2-11(14(24)19-10(15(25)26)7-12(17)18)23-21-13(20-22-23)8-3-5-9(16)6-4-8/h3-6,10-12H,2,7H2,1H3,(H,19,24)(H,25,26). The molecule has 1 aromatic carbocycles. The molecule has 140 valence electrons. The number of tetrazole rings is 1. The van der Waals surface area contributed by atoms with Gasteiger partial charge in [0.15, 0.2) is 6.04 Å². The van der Waals surface area contributed by atoms with Crippen LogP contribution >= 0.6 is 11.6 Å². The number of benzene rings is 1. The number of aromatic nitrogens is 4. The van der Waals surface area contributed by atoms with E-state index < -0.39 is 36.8 Å². The first-order chi connectivity index (χ1) is 12.3. The number of carboxylic acids is 1. The zero-order chi connectivity index (χ0) is 19.3. The average Bonchev–Trinajstić information content (AvgIpc) is 3.04. The number of nitrogens with one attached hydrogen (secondary N) is 1. The van der Waals surface area contributed by atoms with Gasteiger partial charge in [-0.25, -0.2) is 13.6 Å². The van der Waals surface area contributed by atoms with Crippen molar-refractivity contribution in [1.29, 1.82) is 0 Å². The first kappa shape index (κ1) is 19.7. The van der Waals surface area contributed by atoms with Crippen molar-refractivity contribution in [1.82, 2.24) is 25.5 Å². The molecule has 2 N–H and O–H groups in total. The van der Waals surface area contributed by atoms with Crippen LogP contribution in [0, 0.1) is 0 Å². The Morgan fingerprint density at radius 1 is 1.31 bits per heavy atom. The summed E-state index contributed by atoms with van der Waals surface area (Å²) in [7, 11) is 0. The van der Waals surface area contributed by atoms with Gasteiger partial charge in [-0.05, 0) is 35.9 Å². The number of rotatable bonds is 8. The molecule has 0 aliphatic rings. The van der Waals surface area contributed by atoms with Gasteiger partial charge in [-0.2, -0.15) is 4.80 Å². The zero-order valence-corrected chi connectivity index (χ0v) is 14.4. The summed E-state index contributed by atoms with van der Waals surface area (Å²) in [5, 5.41) is 23.4. The van der Waals surface area contributed by atoms with Gasteiger partial charge in [-0.3, -0.25) is 4.79 Å². The molecule has 2 aromatic rings. The number of amides is 1. The minimum absolute atomic E-state index is 0.212. The van der Waals surface area contributed by atoms with Crippen molar-refractivity contribution < 1.29 is 23.5 Å². The molecule has 8 nitrogen and oxygen atoms in total. The molecule has 0 fully saturated rings. The fourth-order valence-corrected chi connectivity index (χ4v) is 2.32. The van der Waals surface area contributed by atoms with Crippen molar-refractivity contribution in [3.63, 3.8) is 0 Å². The SMILES string of the molecule is CCC(C(=O)NC(CC(F)F)C(=O)O)n1nnc(-c2ccc(Cl)cc2)n1. The highest BCUT2D eigenvalue weighted by Gasteiger charge is 2.29. The summed E-state index contributed by atoms with van der Waals surface area (Å²) in [6.07, 6.45) is -3.64. The van der Waals surface area contributed by atoms with E-state index in [1.54, 1.807) is 31.2 Å². The van der Waals surface area contributed by atoms with Gasteiger partial charge in [0, 0.05) is 17.0 Å². The smallest absolute Gasteiger partial charge is 0.326 e. The average molecular weight is 388 g/mol. The highest BCUT2D eigenvalue weighted by molar-refractivity contribution is 6.30. The number of alkyl halides is 2. The van der Waals surface area contributed by atoms with Gasteiger partial charge in [0.1, 0.15) is 6.04 Å². The van der Waals surface area contributed by atoms with E-state index in [0.29, 0.717) is 10.6 Å². The van der Waals surface area contributed by atoms with Crippen LogP contribution in [0.1, 0.15) is 25.8 Å². The Kier molecular flexibility index (Phi) is 6.56. The molecule has 0 spiro atoms. The molecule has 0 saturated carbocycles. The number of aliphatic carboxylic acids is 1. The summed E-state index contributed by atoms with van der Waals surface area (Å²) in [4.78, 5) is 24.3. The number of hydrogen-bond acceptors (Lipinski definition) is 5. The van der Waals surface area contributed by atoms with Crippen molar-refractivity contribution in [2.24, 2.45) is 0 Å². The highest BCUT2D eigenvalue weighted by Crippen LogP contribution is 2.18. The zero-order valence-electron chi connectivity index (χ0n) is 13.6. The molecule has 2 unspecified atom stereocenters. The number of nitrogens with zero attached hydrogens (tertiary/aromatic N) is 4. The van der Waals surface area contributed by atoms with Gasteiger partial charge < -0.3 is 10.4 Å². The van der Waals surface area contributed by atoms with E-state index in [9.17, 15) is 18.4 Å². The van der Waals surface area contributed by atoms with Crippen LogP contribution in [0.2, 0.25) is 5.02 Å². The van der Waals surface area contributed by atoms with Crippen molar-refractivity contribution >= 4 is 23.5 Å². The van der Waals surface area contributed by atoms with Crippen molar-refractivity contribution in [3.8, 4) is 11.4 Å². The lowest BCUT2D eigenvalue weighted by Gasteiger charge is -2.18. The molecular formula is C15H16ClF2N5O3. The van der Waals surface area contributed by atoms with Crippen molar-refractivity contribution in [3.05, 3.63) is 29.3 Å². The second-order valence-corrected chi connectivity index (χ2v) is 5.83. The Morgan fingerprint density at radius 2 is 1.96 bits per heavy atom. The summed E-state index contributed by atoms with van der Waals surface area (Å²) in [6.45, 7) is 1.65. The summed E-state index contributed by atoms with van der Waals surface area (Å²) >= 11 is 5.81. The Bertz CT molecular complexity index is 769. The molecule has 0 saturated heterocycles. The van der Waals surface area contributed by atoms with E-state index in [4.69, 9.17) is 16.7 Å². The summed E-state index contributed by atoms with van der Waals surface area (Å²) in [5.41, 5.74) is 0.622.